The highest BCUT2D eigenvalue weighted by atomic mass is 16.5. The molecule has 5 nitrogen and oxygen atoms in total. The maximum Gasteiger partial charge on any atom is 0.309 e. The number of benzene rings is 1. The second-order valence-corrected chi connectivity index (χ2v) is 3.99. The minimum absolute atomic E-state index is 0.0840. The van der Waals surface area contributed by atoms with Gasteiger partial charge in [0, 0.05) is 0 Å². The molecule has 1 rings (SSSR count). The molecule has 1 aromatic carbocycles. The van der Waals surface area contributed by atoms with Crippen LogP contribution in [-0.4, -0.2) is 25.1 Å². The van der Waals surface area contributed by atoms with E-state index >= 15 is 0 Å². The average Bonchev–Trinajstić information content (AvgIpc) is 2.31. The maximum absolute atomic E-state index is 11.2. The highest BCUT2D eigenvalue weighted by Crippen LogP contribution is 2.19. The fraction of sp³-hybridized carbons (Fsp3) is 0.385. The van der Waals surface area contributed by atoms with Crippen molar-refractivity contribution in [2.45, 2.75) is 20.3 Å². The van der Waals surface area contributed by atoms with Gasteiger partial charge in [0.15, 0.2) is 6.61 Å². The monoisotopic (exact) mass is 251 g/mol. The van der Waals surface area contributed by atoms with Gasteiger partial charge in [-0.3, -0.25) is 9.59 Å². The Bertz CT molecular complexity index is 443. The highest BCUT2D eigenvalue weighted by molar-refractivity contribution is 5.78. The molecule has 0 atom stereocenters. The standard InChI is InChI=1S/C13H17NO4/c1-9-3-4-10(2)11(7-9)17-6-5-13(16)18-8-12(14)15/h3-4,7H,5-6,8H2,1-2H3,(H2,14,15). The molecule has 0 aliphatic carbocycles. The Kier molecular flexibility index (Phi) is 5.17. The molecule has 0 saturated carbocycles. The zero-order valence-corrected chi connectivity index (χ0v) is 10.6. The van der Waals surface area contributed by atoms with Crippen molar-refractivity contribution in [1.82, 2.24) is 0 Å². The summed E-state index contributed by atoms with van der Waals surface area (Å²) in [5.41, 5.74) is 6.94. The van der Waals surface area contributed by atoms with Crippen LogP contribution < -0.4 is 10.5 Å². The fourth-order valence-corrected chi connectivity index (χ4v) is 1.33. The molecule has 0 spiro atoms. The summed E-state index contributed by atoms with van der Waals surface area (Å²) in [5.74, 6) is -0.421. The number of hydrogen-bond donors (Lipinski definition) is 1. The van der Waals surface area contributed by atoms with Crippen LogP contribution in [0.5, 0.6) is 5.75 Å². The van der Waals surface area contributed by atoms with Gasteiger partial charge in [0.05, 0.1) is 13.0 Å². The van der Waals surface area contributed by atoms with E-state index in [4.69, 9.17) is 10.5 Å². The van der Waals surface area contributed by atoms with Gasteiger partial charge in [-0.05, 0) is 31.0 Å². The van der Waals surface area contributed by atoms with Crippen LogP contribution in [0.1, 0.15) is 17.5 Å². The normalized spacial score (nSPS) is 9.89. The van der Waals surface area contributed by atoms with Crippen molar-refractivity contribution in [1.29, 1.82) is 0 Å². The van der Waals surface area contributed by atoms with E-state index in [1.807, 2.05) is 32.0 Å². The van der Waals surface area contributed by atoms with Gasteiger partial charge >= 0.3 is 5.97 Å². The lowest BCUT2D eigenvalue weighted by Gasteiger charge is -2.09. The SMILES string of the molecule is Cc1ccc(C)c(OCCC(=O)OCC(N)=O)c1. The quantitative estimate of drug-likeness (QED) is 0.768. The van der Waals surface area contributed by atoms with E-state index in [1.165, 1.54) is 0 Å². The zero-order chi connectivity index (χ0) is 13.5. The van der Waals surface area contributed by atoms with Crippen molar-refractivity contribution in [3.63, 3.8) is 0 Å². The summed E-state index contributed by atoms with van der Waals surface area (Å²) < 4.78 is 10.1. The molecule has 0 aromatic heterocycles. The molecule has 0 aliphatic rings. The van der Waals surface area contributed by atoms with E-state index in [9.17, 15) is 9.59 Å². The van der Waals surface area contributed by atoms with Gasteiger partial charge in [0.2, 0.25) is 0 Å². The van der Waals surface area contributed by atoms with E-state index in [-0.39, 0.29) is 19.6 Å². The number of aryl methyl sites for hydroxylation is 2. The number of carbonyl (C=O) groups excluding carboxylic acids is 2. The van der Waals surface area contributed by atoms with Gasteiger partial charge in [-0.2, -0.15) is 0 Å². The molecule has 0 saturated heterocycles. The molecule has 0 heterocycles. The van der Waals surface area contributed by atoms with Crippen molar-refractivity contribution >= 4 is 11.9 Å². The second-order valence-electron chi connectivity index (χ2n) is 3.99. The molecule has 0 fully saturated rings. The predicted octanol–water partition coefficient (Wildman–Crippen LogP) is 1.10. The van der Waals surface area contributed by atoms with Crippen molar-refractivity contribution in [3.05, 3.63) is 29.3 Å². The molecule has 5 heteroatoms. The number of esters is 1. The molecule has 0 unspecified atom stereocenters. The molecule has 1 aromatic rings. The summed E-state index contributed by atoms with van der Waals surface area (Å²) in [4.78, 5) is 21.6. The summed E-state index contributed by atoms with van der Waals surface area (Å²) in [7, 11) is 0. The topological polar surface area (TPSA) is 78.6 Å². The van der Waals surface area contributed by atoms with Crippen LogP contribution in [0.2, 0.25) is 0 Å². The lowest BCUT2D eigenvalue weighted by molar-refractivity contribution is -0.148. The Morgan fingerprint density at radius 3 is 2.67 bits per heavy atom. The third kappa shape index (κ3) is 4.86. The average molecular weight is 251 g/mol. The number of primary amides is 1. The first-order chi connectivity index (χ1) is 8.49. The molecular formula is C13H17NO4. The predicted molar refractivity (Wildman–Crippen MR) is 66.2 cm³/mol. The van der Waals surface area contributed by atoms with Crippen LogP contribution in [0.25, 0.3) is 0 Å². The van der Waals surface area contributed by atoms with Gasteiger partial charge in [0.1, 0.15) is 5.75 Å². The lowest BCUT2D eigenvalue weighted by atomic mass is 10.1. The van der Waals surface area contributed by atoms with Gasteiger partial charge in [-0.15, -0.1) is 0 Å². The van der Waals surface area contributed by atoms with Crippen LogP contribution in [0.4, 0.5) is 0 Å². The number of amides is 1. The minimum Gasteiger partial charge on any atom is -0.493 e. The van der Waals surface area contributed by atoms with Crippen LogP contribution in [-0.2, 0) is 14.3 Å². The summed E-state index contributed by atoms with van der Waals surface area (Å²) in [6.45, 7) is 3.72. The third-order valence-corrected chi connectivity index (χ3v) is 2.28. The summed E-state index contributed by atoms with van der Waals surface area (Å²) >= 11 is 0. The van der Waals surface area contributed by atoms with Crippen LogP contribution in [0.3, 0.4) is 0 Å². The van der Waals surface area contributed by atoms with E-state index < -0.39 is 11.9 Å². The van der Waals surface area contributed by atoms with Gasteiger partial charge in [-0.1, -0.05) is 12.1 Å². The van der Waals surface area contributed by atoms with Crippen molar-refractivity contribution in [2.75, 3.05) is 13.2 Å². The Labute approximate surface area is 106 Å². The second kappa shape index (κ2) is 6.64. The van der Waals surface area contributed by atoms with Crippen LogP contribution in [0, 0.1) is 13.8 Å². The molecule has 1 amide bonds. The fourth-order valence-electron chi connectivity index (χ4n) is 1.33. The summed E-state index contributed by atoms with van der Waals surface area (Å²) in [6.07, 6.45) is 0.0840. The lowest BCUT2D eigenvalue weighted by Crippen LogP contribution is -2.21. The van der Waals surface area contributed by atoms with E-state index in [0.717, 1.165) is 16.9 Å². The summed E-state index contributed by atoms with van der Waals surface area (Å²) in [6, 6.07) is 5.85. The number of ether oxygens (including phenoxy) is 2. The number of rotatable bonds is 6. The van der Waals surface area contributed by atoms with E-state index in [1.54, 1.807) is 0 Å². The smallest absolute Gasteiger partial charge is 0.309 e. The number of hydrogen-bond acceptors (Lipinski definition) is 4. The molecule has 2 N–H and O–H groups in total. The van der Waals surface area contributed by atoms with Crippen LogP contribution in [0.15, 0.2) is 18.2 Å². The molecule has 18 heavy (non-hydrogen) atoms. The molecule has 98 valence electrons. The third-order valence-electron chi connectivity index (χ3n) is 2.28. The minimum atomic E-state index is -0.668. The Morgan fingerprint density at radius 1 is 1.28 bits per heavy atom. The maximum atomic E-state index is 11.2. The Morgan fingerprint density at radius 2 is 2.00 bits per heavy atom. The molecule has 0 aliphatic heterocycles. The molecule has 0 radical (unpaired) electrons. The zero-order valence-electron chi connectivity index (χ0n) is 10.6. The largest absolute Gasteiger partial charge is 0.493 e. The number of carbonyl (C=O) groups is 2. The number of nitrogens with two attached hydrogens (primary N) is 1. The van der Waals surface area contributed by atoms with Crippen LogP contribution >= 0.6 is 0 Å². The molecular weight excluding hydrogens is 234 g/mol. The van der Waals surface area contributed by atoms with E-state index in [0.29, 0.717) is 0 Å². The Balaban J connectivity index is 2.35. The Hall–Kier alpha value is -2.04. The molecule has 0 bridgehead atoms. The highest BCUT2D eigenvalue weighted by Gasteiger charge is 2.06. The van der Waals surface area contributed by atoms with E-state index in [2.05, 4.69) is 4.74 Å². The first-order valence-corrected chi connectivity index (χ1v) is 5.63. The van der Waals surface area contributed by atoms with Gasteiger partial charge in [0.25, 0.3) is 5.91 Å². The van der Waals surface area contributed by atoms with Crippen molar-refractivity contribution in [3.8, 4) is 5.75 Å². The first kappa shape index (κ1) is 14.0. The van der Waals surface area contributed by atoms with Gasteiger partial charge < -0.3 is 15.2 Å². The van der Waals surface area contributed by atoms with Gasteiger partial charge in [-0.25, -0.2) is 0 Å². The van der Waals surface area contributed by atoms with Crippen molar-refractivity contribution < 1.29 is 19.1 Å². The summed E-state index contributed by atoms with van der Waals surface area (Å²) in [5, 5.41) is 0. The first-order valence-electron chi connectivity index (χ1n) is 5.63. The van der Waals surface area contributed by atoms with Crippen molar-refractivity contribution in [2.24, 2.45) is 5.73 Å².